The Morgan fingerprint density at radius 2 is 2.09 bits per heavy atom. The van der Waals surface area contributed by atoms with Gasteiger partial charge in [0.15, 0.2) is 5.65 Å². The maximum atomic E-state index is 12.3. The minimum absolute atomic E-state index is 0.000468. The first-order chi connectivity index (χ1) is 11.0. The summed E-state index contributed by atoms with van der Waals surface area (Å²) < 4.78 is 1.65. The summed E-state index contributed by atoms with van der Waals surface area (Å²) in [5.74, 6) is -0.556. The normalized spacial score (nSPS) is 10.7. The molecule has 0 saturated heterocycles. The van der Waals surface area contributed by atoms with Crippen LogP contribution in [0.25, 0.3) is 11.0 Å². The molecule has 0 aliphatic heterocycles. The maximum Gasteiger partial charge on any atom is 0.282 e. The minimum Gasteiger partial charge on any atom is -0.320 e. The van der Waals surface area contributed by atoms with Gasteiger partial charge in [0, 0.05) is 18.5 Å². The molecule has 0 spiro atoms. The lowest BCUT2D eigenvalue weighted by Gasteiger charge is -2.06. The number of nitro groups is 1. The van der Waals surface area contributed by atoms with Gasteiger partial charge in [0.05, 0.1) is 22.5 Å². The molecular weight excluding hydrogens is 298 g/mol. The van der Waals surface area contributed by atoms with Gasteiger partial charge in [-0.2, -0.15) is 5.10 Å². The van der Waals surface area contributed by atoms with Crippen LogP contribution in [0.15, 0.2) is 36.5 Å². The largest absolute Gasteiger partial charge is 0.320 e. The summed E-state index contributed by atoms with van der Waals surface area (Å²) in [6.45, 7) is 1.84. The molecule has 8 nitrogen and oxygen atoms in total. The highest BCUT2D eigenvalue weighted by Crippen LogP contribution is 2.22. The van der Waals surface area contributed by atoms with Gasteiger partial charge in [-0.15, -0.1) is 0 Å². The van der Waals surface area contributed by atoms with Crippen molar-refractivity contribution in [2.24, 2.45) is 7.05 Å². The Kier molecular flexibility index (Phi) is 3.49. The molecule has 0 aliphatic carbocycles. The molecule has 1 amide bonds. The summed E-state index contributed by atoms with van der Waals surface area (Å²) in [5.41, 5.74) is 1.71. The number of benzene rings is 1. The van der Waals surface area contributed by atoms with Crippen LogP contribution in [0.1, 0.15) is 16.1 Å². The number of carbonyl (C=O) groups is 1. The molecule has 3 aromatic rings. The fourth-order valence-electron chi connectivity index (χ4n) is 2.40. The highest BCUT2D eigenvalue weighted by molar-refractivity contribution is 6.07. The predicted molar refractivity (Wildman–Crippen MR) is 84.3 cm³/mol. The van der Waals surface area contributed by atoms with Gasteiger partial charge in [-0.3, -0.25) is 19.6 Å². The van der Waals surface area contributed by atoms with E-state index in [1.807, 2.05) is 6.92 Å². The standard InChI is InChI=1S/C15H13N5O3/c1-9-12-7-10(8-16-14(12)19(2)18-9)17-15(21)11-5-3-4-6-13(11)20(22)23/h3-8H,1-2H3,(H,17,21). The number of anilines is 1. The molecule has 0 aliphatic rings. The monoisotopic (exact) mass is 311 g/mol. The summed E-state index contributed by atoms with van der Waals surface area (Å²) in [7, 11) is 1.79. The van der Waals surface area contributed by atoms with Gasteiger partial charge < -0.3 is 5.32 Å². The fourth-order valence-corrected chi connectivity index (χ4v) is 2.40. The second kappa shape index (κ2) is 5.48. The molecular formula is C15H13N5O3. The van der Waals surface area contributed by atoms with E-state index in [1.54, 1.807) is 23.9 Å². The summed E-state index contributed by atoms with van der Waals surface area (Å²) >= 11 is 0. The summed E-state index contributed by atoms with van der Waals surface area (Å²) in [6.07, 6.45) is 1.50. The van der Waals surface area contributed by atoms with E-state index in [0.29, 0.717) is 11.3 Å². The number of aryl methyl sites for hydroxylation is 2. The highest BCUT2D eigenvalue weighted by atomic mass is 16.6. The van der Waals surface area contributed by atoms with E-state index in [1.165, 1.54) is 24.4 Å². The van der Waals surface area contributed by atoms with Crippen molar-refractivity contribution in [1.82, 2.24) is 14.8 Å². The molecule has 0 bridgehead atoms. The number of nitrogens with zero attached hydrogens (tertiary/aromatic N) is 4. The highest BCUT2D eigenvalue weighted by Gasteiger charge is 2.19. The van der Waals surface area contributed by atoms with Crippen LogP contribution in [0, 0.1) is 17.0 Å². The van der Waals surface area contributed by atoms with Crippen LogP contribution >= 0.6 is 0 Å². The van der Waals surface area contributed by atoms with E-state index < -0.39 is 10.8 Å². The van der Waals surface area contributed by atoms with Crippen molar-refractivity contribution < 1.29 is 9.72 Å². The maximum absolute atomic E-state index is 12.3. The second-order valence-corrected chi connectivity index (χ2v) is 5.03. The lowest BCUT2D eigenvalue weighted by atomic mass is 10.1. The topological polar surface area (TPSA) is 103 Å². The van der Waals surface area contributed by atoms with Gasteiger partial charge in [0.2, 0.25) is 0 Å². The van der Waals surface area contributed by atoms with E-state index in [4.69, 9.17) is 0 Å². The molecule has 1 N–H and O–H groups in total. The number of pyridine rings is 1. The summed E-state index contributed by atoms with van der Waals surface area (Å²) in [5, 5.41) is 18.7. The third-order valence-electron chi connectivity index (χ3n) is 3.47. The molecule has 3 rings (SSSR count). The van der Waals surface area contributed by atoms with E-state index in [2.05, 4.69) is 15.4 Å². The molecule has 2 aromatic heterocycles. The van der Waals surface area contributed by atoms with Crippen LogP contribution in [0.2, 0.25) is 0 Å². The quantitative estimate of drug-likeness (QED) is 0.591. The average molecular weight is 311 g/mol. The number of hydrogen-bond donors (Lipinski definition) is 1. The van der Waals surface area contributed by atoms with Crippen molar-refractivity contribution in [1.29, 1.82) is 0 Å². The van der Waals surface area contributed by atoms with Gasteiger partial charge in [-0.25, -0.2) is 4.98 Å². The second-order valence-electron chi connectivity index (χ2n) is 5.03. The van der Waals surface area contributed by atoms with Gasteiger partial charge >= 0.3 is 0 Å². The number of nitrogens with one attached hydrogen (secondary N) is 1. The van der Waals surface area contributed by atoms with Crippen molar-refractivity contribution in [3.8, 4) is 0 Å². The predicted octanol–water partition coefficient (Wildman–Crippen LogP) is 2.44. The van der Waals surface area contributed by atoms with Crippen molar-refractivity contribution in [3.63, 3.8) is 0 Å². The number of fused-ring (bicyclic) bond motifs is 1. The molecule has 0 saturated carbocycles. The number of nitro benzene ring substituents is 1. The third kappa shape index (κ3) is 2.61. The molecule has 0 atom stereocenters. The summed E-state index contributed by atoms with van der Waals surface area (Å²) in [4.78, 5) is 27.0. The van der Waals surface area contributed by atoms with Crippen LogP contribution < -0.4 is 5.32 Å². The van der Waals surface area contributed by atoms with Gasteiger partial charge in [0.25, 0.3) is 11.6 Å². The van der Waals surface area contributed by atoms with Gasteiger partial charge in [-0.05, 0) is 19.1 Å². The SMILES string of the molecule is Cc1nn(C)c2ncc(NC(=O)c3ccccc3[N+](=O)[O-])cc12. The van der Waals surface area contributed by atoms with Gasteiger partial charge in [0.1, 0.15) is 5.56 Å². The first-order valence-corrected chi connectivity index (χ1v) is 6.81. The average Bonchev–Trinajstić information content (AvgIpc) is 2.81. The zero-order valence-corrected chi connectivity index (χ0v) is 12.5. The van der Waals surface area contributed by atoms with Crippen molar-refractivity contribution in [2.45, 2.75) is 6.92 Å². The smallest absolute Gasteiger partial charge is 0.282 e. The first kappa shape index (κ1) is 14.6. The molecule has 0 fully saturated rings. The number of aromatic nitrogens is 3. The lowest BCUT2D eigenvalue weighted by molar-refractivity contribution is -0.385. The Morgan fingerprint density at radius 3 is 2.83 bits per heavy atom. The van der Waals surface area contributed by atoms with Crippen molar-refractivity contribution >= 4 is 28.3 Å². The van der Waals surface area contributed by atoms with E-state index >= 15 is 0 Å². The van der Waals surface area contributed by atoms with Crippen LogP contribution in [0.4, 0.5) is 11.4 Å². The Balaban J connectivity index is 1.95. The van der Waals surface area contributed by atoms with Gasteiger partial charge in [-0.1, -0.05) is 12.1 Å². The fraction of sp³-hybridized carbons (Fsp3) is 0.133. The molecule has 0 unspecified atom stereocenters. The lowest BCUT2D eigenvalue weighted by Crippen LogP contribution is -2.14. The Hall–Kier alpha value is -3.29. The van der Waals surface area contributed by atoms with Crippen LogP contribution in [-0.2, 0) is 7.05 Å². The van der Waals surface area contributed by atoms with Crippen LogP contribution in [0.5, 0.6) is 0 Å². The van der Waals surface area contributed by atoms with Crippen molar-refractivity contribution in [2.75, 3.05) is 5.32 Å². The zero-order valence-electron chi connectivity index (χ0n) is 12.5. The van der Waals surface area contributed by atoms with Crippen LogP contribution in [0.3, 0.4) is 0 Å². The number of para-hydroxylation sites is 1. The number of carbonyl (C=O) groups excluding carboxylic acids is 1. The molecule has 8 heteroatoms. The number of hydrogen-bond acceptors (Lipinski definition) is 5. The Morgan fingerprint density at radius 1 is 1.35 bits per heavy atom. The van der Waals surface area contributed by atoms with E-state index in [-0.39, 0.29) is 11.3 Å². The Labute approximate surface area is 130 Å². The summed E-state index contributed by atoms with van der Waals surface area (Å²) in [6, 6.07) is 7.55. The molecule has 116 valence electrons. The molecule has 2 heterocycles. The zero-order chi connectivity index (χ0) is 16.6. The van der Waals surface area contributed by atoms with E-state index in [9.17, 15) is 14.9 Å². The number of amides is 1. The molecule has 1 aromatic carbocycles. The van der Waals surface area contributed by atoms with Crippen molar-refractivity contribution in [3.05, 3.63) is 57.9 Å². The van der Waals surface area contributed by atoms with E-state index in [0.717, 1.165) is 11.1 Å². The third-order valence-corrected chi connectivity index (χ3v) is 3.47. The minimum atomic E-state index is -0.582. The molecule has 0 radical (unpaired) electrons. The Bertz CT molecular complexity index is 932. The van der Waals surface area contributed by atoms with Crippen LogP contribution in [-0.4, -0.2) is 25.6 Å². The first-order valence-electron chi connectivity index (χ1n) is 6.81. The molecule has 23 heavy (non-hydrogen) atoms. The number of rotatable bonds is 3.